The molecule has 0 saturated carbocycles. The van der Waals surface area contributed by atoms with Gasteiger partial charge in [0.2, 0.25) is 5.91 Å². The van der Waals surface area contributed by atoms with Crippen LogP contribution in [-0.4, -0.2) is 34.6 Å². The summed E-state index contributed by atoms with van der Waals surface area (Å²) in [5.41, 5.74) is 6.24. The lowest BCUT2D eigenvalue weighted by molar-refractivity contribution is -0.138. The van der Waals surface area contributed by atoms with Crippen LogP contribution in [0, 0.1) is 5.92 Å². The average molecular weight is 278 g/mol. The number of benzene rings is 1. The van der Waals surface area contributed by atoms with Crippen molar-refractivity contribution >= 4 is 5.91 Å². The van der Waals surface area contributed by atoms with E-state index >= 15 is 0 Å². The Balaban J connectivity index is 2.79. The van der Waals surface area contributed by atoms with E-state index in [1.165, 1.54) is 0 Å². The van der Waals surface area contributed by atoms with Crippen molar-refractivity contribution in [3.63, 3.8) is 0 Å². The summed E-state index contributed by atoms with van der Waals surface area (Å²) in [4.78, 5) is 14.2. The van der Waals surface area contributed by atoms with Gasteiger partial charge in [0.15, 0.2) is 0 Å². The molecule has 0 radical (unpaired) electrons. The van der Waals surface area contributed by atoms with Gasteiger partial charge in [-0.25, -0.2) is 0 Å². The zero-order chi connectivity index (χ0) is 15.3. The predicted molar refractivity (Wildman–Crippen MR) is 81.1 cm³/mol. The molecule has 112 valence electrons. The first-order valence-electron chi connectivity index (χ1n) is 7.08. The van der Waals surface area contributed by atoms with Gasteiger partial charge in [-0.05, 0) is 26.3 Å². The molecule has 20 heavy (non-hydrogen) atoms. The molecule has 3 N–H and O–H groups in total. The highest BCUT2D eigenvalue weighted by Crippen LogP contribution is 2.21. The lowest BCUT2D eigenvalue weighted by atomic mass is 9.93. The maximum atomic E-state index is 12.5. The van der Waals surface area contributed by atoms with Gasteiger partial charge in [0.05, 0.1) is 11.5 Å². The smallest absolute Gasteiger partial charge is 0.227 e. The number of carbonyl (C=O) groups excluding carboxylic acids is 1. The highest BCUT2D eigenvalue weighted by Gasteiger charge is 2.28. The third kappa shape index (κ3) is 4.62. The van der Waals surface area contributed by atoms with Crippen LogP contribution >= 0.6 is 0 Å². The van der Waals surface area contributed by atoms with Gasteiger partial charge in [0.1, 0.15) is 0 Å². The summed E-state index contributed by atoms with van der Waals surface area (Å²) >= 11 is 0. The number of nitrogens with zero attached hydrogens (tertiary/aromatic N) is 1. The number of rotatable bonds is 6. The first kappa shape index (κ1) is 16.7. The number of amides is 1. The van der Waals surface area contributed by atoms with Crippen molar-refractivity contribution in [2.75, 3.05) is 13.1 Å². The Kier molecular flexibility index (Phi) is 5.72. The van der Waals surface area contributed by atoms with Crippen molar-refractivity contribution in [2.24, 2.45) is 11.7 Å². The maximum Gasteiger partial charge on any atom is 0.227 e. The summed E-state index contributed by atoms with van der Waals surface area (Å²) in [5.74, 6) is -0.342. The lowest BCUT2D eigenvalue weighted by Crippen LogP contribution is -2.46. The Morgan fingerprint density at radius 3 is 2.35 bits per heavy atom. The normalized spacial score (nSPS) is 14.7. The fraction of sp³-hybridized carbons (Fsp3) is 0.562. The number of hydrogen-bond donors (Lipinski definition) is 2. The van der Waals surface area contributed by atoms with Gasteiger partial charge in [-0.2, -0.15) is 0 Å². The first-order chi connectivity index (χ1) is 9.26. The Bertz CT molecular complexity index is 426. The third-order valence-corrected chi connectivity index (χ3v) is 3.38. The van der Waals surface area contributed by atoms with Crippen LogP contribution in [0.3, 0.4) is 0 Å². The molecule has 1 aromatic rings. The highest BCUT2D eigenvalue weighted by molar-refractivity contribution is 5.79. The third-order valence-electron chi connectivity index (χ3n) is 3.38. The molecule has 2 atom stereocenters. The van der Waals surface area contributed by atoms with Gasteiger partial charge < -0.3 is 15.7 Å². The molecule has 0 saturated heterocycles. The molecule has 0 aromatic heterocycles. The zero-order valence-corrected chi connectivity index (χ0v) is 12.8. The Morgan fingerprint density at radius 1 is 1.35 bits per heavy atom. The molecular formula is C16H26N2O2. The molecule has 1 rings (SSSR count). The van der Waals surface area contributed by atoms with Crippen LogP contribution in [0.25, 0.3) is 0 Å². The van der Waals surface area contributed by atoms with Crippen LogP contribution in [0.4, 0.5) is 0 Å². The SMILES string of the molecule is CCN(CC(C)(C)O)C(=O)C(C)C(N)c1ccccc1. The second kappa shape index (κ2) is 6.86. The molecule has 0 aliphatic carbocycles. The minimum absolute atomic E-state index is 0.0222. The van der Waals surface area contributed by atoms with Crippen molar-refractivity contribution in [1.82, 2.24) is 4.90 Å². The van der Waals surface area contributed by atoms with E-state index in [1.807, 2.05) is 44.2 Å². The standard InChI is InChI=1S/C16H26N2O2/c1-5-18(11-16(3,4)20)15(19)12(2)14(17)13-9-7-6-8-10-13/h6-10,12,14,20H,5,11,17H2,1-4H3. The quantitative estimate of drug-likeness (QED) is 0.835. The molecule has 4 nitrogen and oxygen atoms in total. The predicted octanol–water partition coefficient (Wildman–Crippen LogP) is 1.94. The summed E-state index contributed by atoms with van der Waals surface area (Å²) < 4.78 is 0. The number of nitrogens with two attached hydrogens (primary N) is 1. The minimum atomic E-state index is -0.901. The highest BCUT2D eigenvalue weighted by atomic mass is 16.3. The maximum absolute atomic E-state index is 12.5. The van der Waals surface area contributed by atoms with E-state index in [2.05, 4.69) is 0 Å². The number of hydrogen-bond acceptors (Lipinski definition) is 3. The Labute approximate surface area is 121 Å². The van der Waals surface area contributed by atoms with Crippen LogP contribution in [0.2, 0.25) is 0 Å². The molecule has 2 unspecified atom stereocenters. The van der Waals surface area contributed by atoms with Gasteiger partial charge in [-0.1, -0.05) is 37.3 Å². The largest absolute Gasteiger partial charge is 0.389 e. The van der Waals surface area contributed by atoms with Gasteiger partial charge in [-0.3, -0.25) is 4.79 Å². The van der Waals surface area contributed by atoms with Crippen LogP contribution in [0.1, 0.15) is 39.3 Å². The fourth-order valence-corrected chi connectivity index (χ4v) is 2.22. The Hall–Kier alpha value is -1.39. The number of likely N-dealkylation sites (N-methyl/N-ethyl adjacent to an activating group) is 1. The van der Waals surface area contributed by atoms with Crippen molar-refractivity contribution in [1.29, 1.82) is 0 Å². The van der Waals surface area contributed by atoms with Gasteiger partial charge in [0, 0.05) is 19.1 Å². The molecule has 0 aliphatic rings. The van der Waals surface area contributed by atoms with Crippen LogP contribution in [0.5, 0.6) is 0 Å². The van der Waals surface area contributed by atoms with E-state index in [0.29, 0.717) is 13.1 Å². The number of aliphatic hydroxyl groups is 1. The van der Waals surface area contributed by atoms with Gasteiger partial charge in [-0.15, -0.1) is 0 Å². The van der Waals surface area contributed by atoms with Crippen molar-refractivity contribution in [3.05, 3.63) is 35.9 Å². The molecule has 1 amide bonds. The second-order valence-electron chi connectivity index (χ2n) is 5.89. The first-order valence-corrected chi connectivity index (χ1v) is 7.08. The van der Waals surface area contributed by atoms with E-state index in [9.17, 15) is 9.90 Å². The van der Waals surface area contributed by atoms with Crippen molar-refractivity contribution < 1.29 is 9.90 Å². The van der Waals surface area contributed by atoms with Crippen LogP contribution in [0.15, 0.2) is 30.3 Å². The summed E-state index contributed by atoms with van der Waals surface area (Å²) in [6, 6.07) is 9.29. The van der Waals surface area contributed by atoms with E-state index in [0.717, 1.165) is 5.56 Å². The lowest BCUT2D eigenvalue weighted by Gasteiger charge is -2.32. The molecule has 0 heterocycles. The second-order valence-corrected chi connectivity index (χ2v) is 5.89. The van der Waals surface area contributed by atoms with E-state index < -0.39 is 5.60 Å². The van der Waals surface area contributed by atoms with Crippen LogP contribution in [-0.2, 0) is 4.79 Å². The summed E-state index contributed by atoms with van der Waals surface area (Å²) in [5, 5.41) is 9.88. The molecule has 4 heteroatoms. The molecular weight excluding hydrogens is 252 g/mol. The average Bonchev–Trinajstić information content (AvgIpc) is 2.42. The summed E-state index contributed by atoms with van der Waals surface area (Å²) in [7, 11) is 0. The molecule has 0 aliphatic heterocycles. The van der Waals surface area contributed by atoms with E-state index in [-0.39, 0.29) is 17.9 Å². The minimum Gasteiger partial charge on any atom is -0.389 e. The Morgan fingerprint density at radius 2 is 1.90 bits per heavy atom. The van der Waals surface area contributed by atoms with Gasteiger partial charge >= 0.3 is 0 Å². The number of carbonyl (C=O) groups is 1. The zero-order valence-electron chi connectivity index (χ0n) is 12.8. The monoisotopic (exact) mass is 278 g/mol. The van der Waals surface area contributed by atoms with Gasteiger partial charge in [0.25, 0.3) is 0 Å². The van der Waals surface area contributed by atoms with Crippen molar-refractivity contribution in [2.45, 2.75) is 39.3 Å². The fourth-order valence-electron chi connectivity index (χ4n) is 2.22. The molecule has 1 aromatic carbocycles. The van der Waals surface area contributed by atoms with Crippen LogP contribution < -0.4 is 5.73 Å². The van der Waals surface area contributed by atoms with E-state index in [1.54, 1.807) is 18.7 Å². The van der Waals surface area contributed by atoms with E-state index in [4.69, 9.17) is 5.73 Å². The molecule has 0 bridgehead atoms. The summed E-state index contributed by atoms with van der Waals surface area (Å²) in [6.07, 6.45) is 0. The topological polar surface area (TPSA) is 66.6 Å². The molecule has 0 spiro atoms. The van der Waals surface area contributed by atoms with Crippen molar-refractivity contribution in [3.8, 4) is 0 Å². The summed E-state index contributed by atoms with van der Waals surface area (Å²) in [6.45, 7) is 8.02. The molecule has 0 fully saturated rings.